The zero-order valence-corrected chi connectivity index (χ0v) is 11.0. The lowest BCUT2D eigenvalue weighted by molar-refractivity contribution is 0.0691. The van der Waals surface area contributed by atoms with Gasteiger partial charge in [0.2, 0.25) is 0 Å². The zero-order chi connectivity index (χ0) is 13.9. The number of ether oxygens (including phenoxy) is 2. The van der Waals surface area contributed by atoms with Gasteiger partial charge in [0.25, 0.3) is 0 Å². The summed E-state index contributed by atoms with van der Waals surface area (Å²) in [5, 5.41) is 11.1. The lowest BCUT2D eigenvalue weighted by Crippen LogP contribution is -2.13. The fraction of sp³-hybridized carbons (Fsp3) is 0.312. The molecule has 1 aliphatic heterocycles. The number of carboxylic acid groups (broad SMARTS) is 1. The first-order valence-corrected chi connectivity index (χ1v) is 6.71. The Morgan fingerprint density at radius 2 is 2.15 bits per heavy atom. The van der Waals surface area contributed by atoms with E-state index in [4.69, 9.17) is 9.47 Å². The van der Waals surface area contributed by atoms with Gasteiger partial charge in [0.05, 0.1) is 13.2 Å². The van der Waals surface area contributed by atoms with E-state index in [0.717, 1.165) is 23.8 Å². The summed E-state index contributed by atoms with van der Waals surface area (Å²) in [6.07, 6.45) is 0.965. The molecule has 1 N–H and O–H groups in total. The number of rotatable bonds is 4. The van der Waals surface area contributed by atoms with Gasteiger partial charge in [0, 0.05) is 17.9 Å². The molecule has 2 aromatic carbocycles. The molecule has 0 spiro atoms. The van der Waals surface area contributed by atoms with Crippen LogP contribution in [0.3, 0.4) is 0 Å². The predicted octanol–water partition coefficient (Wildman–Crippen LogP) is 2.95. The van der Waals surface area contributed by atoms with E-state index in [9.17, 15) is 9.90 Å². The number of benzene rings is 2. The summed E-state index contributed by atoms with van der Waals surface area (Å²) >= 11 is 0. The van der Waals surface area contributed by atoms with Gasteiger partial charge in [-0.05, 0) is 17.9 Å². The van der Waals surface area contributed by atoms with Gasteiger partial charge >= 0.3 is 5.97 Å². The van der Waals surface area contributed by atoms with Gasteiger partial charge in [-0.1, -0.05) is 30.3 Å². The molecule has 1 fully saturated rings. The van der Waals surface area contributed by atoms with E-state index in [-0.39, 0.29) is 5.56 Å². The fourth-order valence-electron chi connectivity index (χ4n) is 2.48. The van der Waals surface area contributed by atoms with Crippen molar-refractivity contribution in [1.82, 2.24) is 0 Å². The maximum Gasteiger partial charge on any atom is 0.339 e. The lowest BCUT2D eigenvalue weighted by atomic mass is 10.0. The van der Waals surface area contributed by atoms with E-state index in [1.807, 2.05) is 30.3 Å². The third-order valence-electron chi connectivity index (χ3n) is 3.60. The molecule has 1 unspecified atom stereocenters. The molecule has 0 aliphatic carbocycles. The monoisotopic (exact) mass is 272 g/mol. The molecule has 4 heteroatoms. The van der Waals surface area contributed by atoms with Crippen LogP contribution in [0.2, 0.25) is 0 Å². The van der Waals surface area contributed by atoms with Crippen LogP contribution in [0, 0.1) is 5.92 Å². The molecule has 0 aromatic heterocycles. The SMILES string of the molecule is O=C(O)c1ccc2ccccc2c1OCC1CCOC1. The van der Waals surface area contributed by atoms with Crippen molar-refractivity contribution in [3.05, 3.63) is 42.0 Å². The van der Waals surface area contributed by atoms with Crippen LogP contribution >= 0.6 is 0 Å². The lowest BCUT2D eigenvalue weighted by Gasteiger charge is -2.14. The quantitative estimate of drug-likeness (QED) is 0.929. The topological polar surface area (TPSA) is 55.8 Å². The zero-order valence-electron chi connectivity index (χ0n) is 11.0. The summed E-state index contributed by atoms with van der Waals surface area (Å²) in [5.74, 6) is -0.161. The molecule has 1 atom stereocenters. The molecule has 4 nitrogen and oxygen atoms in total. The fourth-order valence-corrected chi connectivity index (χ4v) is 2.48. The minimum absolute atomic E-state index is 0.211. The molecule has 0 bridgehead atoms. The Hall–Kier alpha value is -2.07. The first-order chi connectivity index (χ1) is 9.75. The normalized spacial score (nSPS) is 18.3. The maximum absolute atomic E-state index is 11.4. The minimum Gasteiger partial charge on any atom is -0.492 e. The Balaban J connectivity index is 1.96. The molecule has 0 amide bonds. The van der Waals surface area contributed by atoms with Crippen molar-refractivity contribution in [2.75, 3.05) is 19.8 Å². The molecule has 1 saturated heterocycles. The van der Waals surface area contributed by atoms with Crippen LogP contribution in [0.5, 0.6) is 5.75 Å². The van der Waals surface area contributed by atoms with Gasteiger partial charge in [-0.3, -0.25) is 0 Å². The minimum atomic E-state index is -0.964. The maximum atomic E-state index is 11.4. The van der Waals surface area contributed by atoms with Gasteiger partial charge < -0.3 is 14.6 Å². The van der Waals surface area contributed by atoms with E-state index in [2.05, 4.69) is 0 Å². The molecule has 0 saturated carbocycles. The third kappa shape index (κ3) is 2.47. The van der Waals surface area contributed by atoms with Gasteiger partial charge in [-0.2, -0.15) is 0 Å². The second-order valence-electron chi connectivity index (χ2n) is 5.01. The second-order valence-corrected chi connectivity index (χ2v) is 5.01. The van der Waals surface area contributed by atoms with E-state index >= 15 is 0 Å². The van der Waals surface area contributed by atoms with Crippen LogP contribution in [0.25, 0.3) is 10.8 Å². The number of carboxylic acids is 1. The van der Waals surface area contributed by atoms with Crippen LogP contribution in [0.1, 0.15) is 16.8 Å². The number of hydrogen-bond donors (Lipinski definition) is 1. The largest absolute Gasteiger partial charge is 0.492 e. The first kappa shape index (κ1) is 12.9. The smallest absolute Gasteiger partial charge is 0.339 e. The highest BCUT2D eigenvalue weighted by Crippen LogP contribution is 2.30. The summed E-state index contributed by atoms with van der Waals surface area (Å²) in [7, 11) is 0. The van der Waals surface area contributed by atoms with Crippen molar-refractivity contribution in [3.8, 4) is 5.75 Å². The molecule has 2 aromatic rings. The molecule has 0 radical (unpaired) electrons. The van der Waals surface area contributed by atoms with Gasteiger partial charge in [0.15, 0.2) is 0 Å². The van der Waals surface area contributed by atoms with Crippen molar-refractivity contribution in [3.63, 3.8) is 0 Å². The Kier molecular flexibility index (Phi) is 3.56. The highest BCUT2D eigenvalue weighted by molar-refractivity contribution is 6.00. The van der Waals surface area contributed by atoms with Crippen LogP contribution < -0.4 is 4.74 Å². The van der Waals surface area contributed by atoms with Crippen LogP contribution in [-0.4, -0.2) is 30.9 Å². The van der Waals surface area contributed by atoms with E-state index < -0.39 is 5.97 Å². The Morgan fingerprint density at radius 1 is 1.30 bits per heavy atom. The average molecular weight is 272 g/mol. The van der Waals surface area contributed by atoms with Crippen LogP contribution in [-0.2, 0) is 4.74 Å². The van der Waals surface area contributed by atoms with Crippen LogP contribution in [0.15, 0.2) is 36.4 Å². The van der Waals surface area contributed by atoms with Crippen molar-refractivity contribution >= 4 is 16.7 Å². The molecule has 1 aliphatic rings. The number of carbonyl (C=O) groups is 1. The third-order valence-corrected chi connectivity index (χ3v) is 3.60. The molecular weight excluding hydrogens is 256 g/mol. The number of hydrogen-bond acceptors (Lipinski definition) is 3. The summed E-state index contributed by atoms with van der Waals surface area (Å²) in [6, 6.07) is 11.1. The van der Waals surface area contributed by atoms with Gasteiger partial charge in [-0.15, -0.1) is 0 Å². The molecular formula is C16H16O4. The summed E-state index contributed by atoms with van der Waals surface area (Å²) in [5.41, 5.74) is 0.211. The average Bonchev–Trinajstić information content (AvgIpc) is 2.97. The highest BCUT2D eigenvalue weighted by Gasteiger charge is 2.19. The Labute approximate surface area is 116 Å². The molecule has 1 heterocycles. The number of aromatic carboxylic acids is 1. The van der Waals surface area contributed by atoms with E-state index in [1.165, 1.54) is 0 Å². The Bertz CT molecular complexity index is 629. The number of fused-ring (bicyclic) bond motifs is 1. The van der Waals surface area contributed by atoms with Crippen molar-refractivity contribution in [2.24, 2.45) is 5.92 Å². The molecule has 3 rings (SSSR count). The summed E-state index contributed by atoms with van der Waals surface area (Å²) in [6.45, 7) is 1.94. The summed E-state index contributed by atoms with van der Waals surface area (Å²) in [4.78, 5) is 11.4. The van der Waals surface area contributed by atoms with E-state index in [0.29, 0.717) is 24.9 Å². The summed E-state index contributed by atoms with van der Waals surface area (Å²) < 4.78 is 11.1. The van der Waals surface area contributed by atoms with E-state index in [1.54, 1.807) is 6.07 Å². The van der Waals surface area contributed by atoms with Gasteiger partial charge in [-0.25, -0.2) is 4.79 Å². The molecule has 20 heavy (non-hydrogen) atoms. The molecule has 104 valence electrons. The van der Waals surface area contributed by atoms with Crippen LogP contribution in [0.4, 0.5) is 0 Å². The van der Waals surface area contributed by atoms with Crippen molar-refractivity contribution in [2.45, 2.75) is 6.42 Å². The standard InChI is InChI=1S/C16H16O4/c17-16(18)14-6-5-12-3-1-2-4-13(12)15(14)20-10-11-7-8-19-9-11/h1-6,11H,7-10H2,(H,17,18). The highest BCUT2D eigenvalue weighted by atomic mass is 16.5. The predicted molar refractivity (Wildman–Crippen MR) is 75.3 cm³/mol. The van der Waals surface area contributed by atoms with Gasteiger partial charge in [0.1, 0.15) is 11.3 Å². The second kappa shape index (κ2) is 5.51. The Morgan fingerprint density at radius 3 is 2.90 bits per heavy atom. The van der Waals surface area contributed by atoms with Crippen molar-refractivity contribution < 1.29 is 19.4 Å². The van der Waals surface area contributed by atoms with Crippen molar-refractivity contribution in [1.29, 1.82) is 0 Å². The first-order valence-electron chi connectivity index (χ1n) is 6.71.